The Kier molecular flexibility index (Phi) is 8.40. The lowest BCUT2D eigenvalue weighted by Gasteiger charge is -2.37. The van der Waals surface area contributed by atoms with E-state index < -0.39 is 0 Å². The number of methoxy groups -OCH3 is 1. The van der Waals surface area contributed by atoms with Crippen molar-refractivity contribution in [2.45, 2.75) is 50.2 Å². The molecule has 144 valence electrons. The fourth-order valence-corrected chi connectivity index (χ4v) is 3.75. The second kappa shape index (κ2) is 9.56. The second-order valence-corrected chi connectivity index (χ2v) is 6.63. The second-order valence-electron chi connectivity index (χ2n) is 6.63. The van der Waals surface area contributed by atoms with Gasteiger partial charge in [0.2, 0.25) is 11.9 Å². The van der Waals surface area contributed by atoms with Crippen molar-refractivity contribution in [2.75, 3.05) is 25.9 Å². The van der Waals surface area contributed by atoms with Crippen molar-refractivity contribution in [2.24, 2.45) is 11.7 Å². The van der Waals surface area contributed by atoms with Gasteiger partial charge in [-0.05, 0) is 32.1 Å². The van der Waals surface area contributed by atoms with E-state index in [1.165, 1.54) is 0 Å². The van der Waals surface area contributed by atoms with Crippen LogP contribution in [0.3, 0.4) is 0 Å². The van der Waals surface area contributed by atoms with Crippen LogP contribution in [-0.2, 0) is 9.53 Å². The summed E-state index contributed by atoms with van der Waals surface area (Å²) in [6.45, 7) is 1.51. The number of likely N-dealkylation sites (tertiary alicyclic amines) is 1. The molecule has 5 N–H and O–H groups in total. The highest BCUT2D eigenvalue weighted by atomic mass is 35.5. The lowest BCUT2D eigenvalue weighted by atomic mass is 9.83. The SMILES string of the molecule is CO[C@H]1C[C@@H](C(=O)N2CCC(c3nc(N)n[nH]3)CC2)CC[C@@H]1N.Cl.Cl. The number of ether oxygens (including phenoxy) is 1. The fraction of sp³-hybridized carbons (Fsp3) is 0.800. The van der Waals surface area contributed by atoms with Crippen molar-refractivity contribution in [3.8, 4) is 0 Å². The van der Waals surface area contributed by atoms with Crippen LogP contribution in [0.25, 0.3) is 0 Å². The van der Waals surface area contributed by atoms with Crippen LogP contribution in [0.1, 0.15) is 43.8 Å². The fourth-order valence-electron chi connectivity index (χ4n) is 3.75. The molecule has 8 nitrogen and oxygen atoms in total. The lowest BCUT2D eigenvalue weighted by molar-refractivity contribution is -0.139. The monoisotopic (exact) mass is 394 g/mol. The van der Waals surface area contributed by atoms with Gasteiger partial charge in [-0.25, -0.2) is 0 Å². The molecule has 2 aliphatic rings. The van der Waals surface area contributed by atoms with Crippen LogP contribution in [0, 0.1) is 5.92 Å². The number of aromatic nitrogens is 3. The number of amides is 1. The maximum atomic E-state index is 12.7. The number of hydrogen-bond donors (Lipinski definition) is 3. The molecule has 10 heteroatoms. The quantitative estimate of drug-likeness (QED) is 0.704. The number of H-pyrrole nitrogens is 1. The third kappa shape index (κ3) is 4.97. The predicted octanol–water partition coefficient (Wildman–Crippen LogP) is 1.08. The van der Waals surface area contributed by atoms with E-state index in [0.29, 0.717) is 5.92 Å². The first kappa shape index (κ1) is 22.0. The van der Waals surface area contributed by atoms with Crippen LogP contribution < -0.4 is 11.5 Å². The molecule has 3 atom stereocenters. The van der Waals surface area contributed by atoms with Gasteiger partial charge in [0.1, 0.15) is 5.82 Å². The molecule has 1 aromatic heterocycles. The van der Waals surface area contributed by atoms with Crippen LogP contribution in [-0.4, -0.2) is 58.3 Å². The minimum atomic E-state index is -0.00703. The summed E-state index contributed by atoms with van der Waals surface area (Å²) < 4.78 is 5.42. The minimum absolute atomic E-state index is 0. The van der Waals surface area contributed by atoms with Crippen molar-refractivity contribution in [1.82, 2.24) is 20.1 Å². The van der Waals surface area contributed by atoms with Gasteiger partial charge in [-0.2, -0.15) is 4.98 Å². The summed E-state index contributed by atoms with van der Waals surface area (Å²) in [6.07, 6.45) is 4.21. The molecule has 0 spiro atoms. The molecule has 1 saturated carbocycles. The highest BCUT2D eigenvalue weighted by Crippen LogP contribution is 2.30. The molecular formula is C15H28Cl2N6O2. The first-order chi connectivity index (χ1) is 11.1. The van der Waals surface area contributed by atoms with Gasteiger partial charge in [-0.3, -0.25) is 9.89 Å². The summed E-state index contributed by atoms with van der Waals surface area (Å²) in [5, 5.41) is 6.76. The van der Waals surface area contributed by atoms with E-state index in [9.17, 15) is 4.79 Å². The zero-order valence-electron chi connectivity index (χ0n) is 14.4. The number of carbonyl (C=O) groups excluding carboxylic acids is 1. The number of nitrogens with one attached hydrogen (secondary N) is 1. The largest absolute Gasteiger partial charge is 0.380 e. The minimum Gasteiger partial charge on any atom is -0.380 e. The van der Waals surface area contributed by atoms with Crippen molar-refractivity contribution < 1.29 is 9.53 Å². The molecule has 25 heavy (non-hydrogen) atoms. The van der Waals surface area contributed by atoms with Crippen molar-refractivity contribution in [3.63, 3.8) is 0 Å². The molecule has 1 saturated heterocycles. The van der Waals surface area contributed by atoms with Gasteiger partial charge < -0.3 is 21.1 Å². The highest BCUT2D eigenvalue weighted by molar-refractivity contribution is 5.85. The number of piperidine rings is 1. The molecular weight excluding hydrogens is 367 g/mol. The van der Waals surface area contributed by atoms with E-state index in [4.69, 9.17) is 16.2 Å². The van der Waals surface area contributed by atoms with Crippen LogP contribution in [0.5, 0.6) is 0 Å². The van der Waals surface area contributed by atoms with Crippen molar-refractivity contribution in [1.29, 1.82) is 0 Å². The summed E-state index contributed by atoms with van der Waals surface area (Å²) in [7, 11) is 1.67. The number of anilines is 1. The van der Waals surface area contributed by atoms with Gasteiger partial charge in [-0.15, -0.1) is 29.9 Å². The van der Waals surface area contributed by atoms with Gasteiger partial charge in [0.25, 0.3) is 0 Å². The molecule has 0 aromatic carbocycles. The normalized spacial score (nSPS) is 27.3. The number of aromatic amines is 1. The standard InChI is InChI=1S/C15H26N6O2.2ClH/c1-23-12-8-10(2-3-11(12)16)14(22)21-6-4-9(5-7-21)13-18-15(17)20-19-13;;/h9-12H,2-8,16H2,1H3,(H3,17,18,19,20);2*1H/t10-,11-,12-;;/m0../s1. The number of carbonyl (C=O) groups is 1. The number of rotatable bonds is 3. The number of hydrogen-bond acceptors (Lipinski definition) is 6. The Balaban J connectivity index is 0.00000156. The molecule has 2 heterocycles. The third-order valence-electron chi connectivity index (χ3n) is 5.21. The zero-order valence-corrected chi connectivity index (χ0v) is 16.0. The number of nitrogens with zero attached hydrogens (tertiary/aromatic N) is 3. The average Bonchev–Trinajstić information content (AvgIpc) is 3.01. The van der Waals surface area contributed by atoms with E-state index in [-0.39, 0.29) is 54.7 Å². The molecule has 0 bridgehead atoms. The number of nitrogens with two attached hydrogens (primary N) is 2. The van der Waals surface area contributed by atoms with E-state index in [1.54, 1.807) is 7.11 Å². The average molecular weight is 395 g/mol. The van der Waals surface area contributed by atoms with Gasteiger partial charge in [0.15, 0.2) is 0 Å². The van der Waals surface area contributed by atoms with E-state index in [2.05, 4.69) is 15.2 Å². The lowest BCUT2D eigenvalue weighted by Crippen LogP contribution is -2.48. The molecule has 0 radical (unpaired) electrons. The number of halogens is 2. The Morgan fingerprint density at radius 1 is 1.24 bits per heavy atom. The predicted molar refractivity (Wildman–Crippen MR) is 100.0 cm³/mol. The van der Waals surface area contributed by atoms with E-state index >= 15 is 0 Å². The summed E-state index contributed by atoms with van der Waals surface area (Å²) >= 11 is 0. The Hall–Kier alpha value is -1.09. The Morgan fingerprint density at radius 2 is 1.92 bits per heavy atom. The maximum Gasteiger partial charge on any atom is 0.239 e. The summed E-state index contributed by atoms with van der Waals surface area (Å²) in [5.41, 5.74) is 11.6. The first-order valence-electron chi connectivity index (χ1n) is 8.33. The molecule has 2 fully saturated rings. The number of nitrogen functional groups attached to an aromatic ring is 1. The summed E-state index contributed by atoms with van der Waals surface area (Å²) in [6, 6.07) is 0.0479. The summed E-state index contributed by atoms with van der Waals surface area (Å²) in [4.78, 5) is 18.9. The maximum absolute atomic E-state index is 12.7. The van der Waals surface area contributed by atoms with Crippen LogP contribution >= 0.6 is 24.8 Å². The van der Waals surface area contributed by atoms with Crippen molar-refractivity contribution >= 4 is 36.7 Å². The van der Waals surface area contributed by atoms with Gasteiger partial charge in [0.05, 0.1) is 6.10 Å². The van der Waals surface area contributed by atoms with Crippen LogP contribution in [0.2, 0.25) is 0 Å². The summed E-state index contributed by atoms with van der Waals surface area (Å²) in [5.74, 6) is 1.70. The highest BCUT2D eigenvalue weighted by Gasteiger charge is 2.35. The first-order valence-corrected chi connectivity index (χ1v) is 8.33. The smallest absolute Gasteiger partial charge is 0.239 e. The Morgan fingerprint density at radius 3 is 2.48 bits per heavy atom. The van der Waals surface area contributed by atoms with Gasteiger partial charge in [-0.1, -0.05) is 0 Å². The molecule has 3 rings (SSSR count). The molecule has 1 amide bonds. The topological polar surface area (TPSA) is 123 Å². The zero-order chi connectivity index (χ0) is 16.4. The van der Waals surface area contributed by atoms with Gasteiger partial charge >= 0.3 is 0 Å². The van der Waals surface area contributed by atoms with Crippen LogP contribution in [0.15, 0.2) is 0 Å². The molecule has 1 aliphatic carbocycles. The van der Waals surface area contributed by atoms with E-state index in [1.807, 2.05) is 4.90 Å². The molecule has 1 aliphatic heterocycles. The molecule has 0 unspecified atom stereocenters. The third-order valence-corrected chi connectivity index (χ3v) is 5.21. The van der Waals surface area contributed by atoms with Gasteiger partial charge in [0, 0.05) is 38.1 Å². The van der Waals surface area contributed by atoms with E-state index in [0.717, 1.165) is 51.0 Å². The Bertz CT molecular complexity index is 550. The van der Waals surface area contributed by atoms with Crippen LogP contribution in [0.4, 0.5) is 5.95 Å². The van der Waals surface area contributed by atoms with Crippen molar-refractivity contribution in [3.05, 3.63) is 5.82 Å². The Labute approximate surface area is 160 Å². The molecule has 1 aromatic rings.